The van der Waals surface area contributed by atoms with Crippen molar-refractivity contribution in [3.63, 3.8) is 0 Å². The Kier molecular flexibility index (Phi) is 3.98. The molecule has 0 unspecified atom stereocenters. The molecule has 1 heterocycles. The normalized spacial score (nSPS) is 10.3. The van der Waals surface area contributed by atoms with E-state index in [2.05, 4.69) is 26.2 Å². The lowest BCUT2D eigenvalue weighted by atomic mass is 10.2. The Morgan fingerprint density at radius 3 is 3.00 bits per heavy atom. The number of anilines is 1. The summed E-state index contributed by atoms with van der Waals surface area (Å²) in [5.41, 5.74) is 2.87. The van der Waals surface area contributed by atoms with E-state index < -0.39 is 5.97 Å². The third kappa shape index (κ3) is 3.08. The number of aromatic carboxylic acids is 1. The Hall–Kier alpha value is -1.40. The second kappa shape index (κ2) is 5.49. The number of carboxylic acid groups (broad SMARTS) is 1. The summed E-state index contributed by atoms with van der Waals surface area (Å²) in [4.78, 5) is 14.7. The standard InChI is InChI=1S/C12H11BrN2O2S/c1-7-2-3-8(13)4-10(7)14-5-9-6-18-11(15-9)12(16)17/h2-4,6,14H,5H2,1H3,(H,16,17). The van der Waals surface area contributed by atoms with Crippen LogP contribution in [-0.2, 0) is 6.54 Å². The fourth-order valence-corrected chi connectivity index (χ4v) is 2.47. The summed E-state index contributed by atoms with van der Waals surface area (Å²) in [5.74, 6) is -0.982. The summed E-state index contributed by atoms with van der Waals surface area (Å²) in [6, 6.07) is 5.97. The van der Waals surface area contributed by atoms with Crippen LogP contribution in [0.1, 0.15) is 21.1 Å². The Morgan fingerprint density at radius 2 is 2.33 bits per heavy atom. The minimum atomic E-state index is -0.982. The third-order valence-electron chi connectivity index (χ3n) is 2.39. The maximum absolute atomic E-state index is 10.7. The molecule has 94 valence electrons. The molecule has 0 atom stereocenters. The van der Waals surface area contributed by atoms with E-state index >= 15 is 0 Å². The fraction of sp³-hybridized carbons (Fsp3) is 0.167. The number of carboxylic acids is 1. The molecule has 6 heteroatoms. The number of thiazole rings is 1. The van der Waals surface area contributed by atoms with Crippen LogP contribution in [0.2, 0.25) is 0 Å². The van der Waals surface area contributed by atoms with E-state index in [1.54, 1.807) is 5.38 Å². The quantitative estimate of drug-likeness (QED) is 0.902. The number of rotatable bonds is 4. The van der Waals surface area contributed by atoms with Crippen molar-refractivity contribution in [3.8, 4) is 0 Å². The van der Waals surface area contributed by atoms with Gasteiger partial charge >= 0.3 is 5.97 Å². The van der Waals surface area contributed by atoms with E-state index in [-0.39, 0.29) is 5.01 Å². The van der Waals surface area contributed by atoms with E-state index in [4.69, 9.17) is 5.11 Å². The van der Waals surface area contributed by atoms with Crippen molar-refractivity contribution in [1.82, 2.24) is 4.98 Å². The number of hydrogen-bond donors (Lipinski definition) is 2. The highest BCUT2D eigenvalue weighted by atomic mass is 79.9. The fourth-order valence-electron chi connectivity index (χ4n) is 1.46. The van der Waals surface area contributed by atoms with Gasteiger partial charge in [0.2, 0.25) is 5.01 Å². The van der Waals surface area contributed by atoms with Crippen molar-refractivity contribution in [2.45, 2.75) is 13.5 Å². The average molecular weight is 327 g/mol. The molecule has 2 N–H and O–H groups in total. The highest BCUT2D eigenvalue weighted by Gasteiger charge is 2.08. The lowest BCUT2D eigenvalue weighted by Crippen LogP contribution is -2.02. The van der Waals surface area contributed by atoms with Gasteiger partial charge in [-0.25, -0.2) is 9.78 Å². The van der Waals surface area contributed by atoms with Gasteiger partial charge in [-0.15, -0.1) is 11.3 Å². The Balaban J connectivity index is 2.06. The molecule has 1 aromatic carbocycles. The van der Waals surface area contributed by atoms with Crippen molar-refractivity contribution in [1.29, 1.82) is 0 Å². The van der Waals surface area contributed by atoms with Crippen LogP contribution in [0.3, 0.4) is 0 Å². The first kappa shape index (κ1) is 13.0. The number of carbonyl (C=O) groups is 1. The molecule has 0 spiro atoms. The van der Waals surface area contributed by atoms with Crippen molar-refractivity contribution in [3.05, 3.63) is 44.3 Å². The molecular weight excluding hydrogens is 316 g/mol. The largest absolute Gasteiger partial charge is 0.476 e. The van der Waals surface area contributed by atoms with E-state index in [1.165, 1.54) is 0 Å². The van der Waals surface area contributed by atoms with Crippen LogP contribution in [-0.4, -0.2) is 16.1 Å². The molecule has 0 aliphatic rings. The molecule has 0 radical (unpaired) electrons. The summed E-state index contributed by atoms with van der Waals surface area (Å²) in [7, 11) is 0. The average Bonchev–Trinajstić information content (AvgIpc) is 2.79. The molecule has 1 aromatic heterocycles. The predicted octanol–water partition coefficient (Wildman–Crippen LogP) is 3.52. The van der Waals surface area contributed by atoms with Crippen LogP contribution < -0.4 is 5.32 Å². The minimum absolute atomic E-state index is 0.123. The van der Waals surface area contributed by atoms with E-state index in [0.717, 1.165) is 32.8 Å². The van der Waals surface area contributed by atoms with Crippen molar-refractivity contribution < 1.29 is 9.90 Å². The molecule has 0 saturated carbocycles. The van der Waals surface area contributed by atoms with Gasteiger partial charge in [-0.2, -0.15) is 0 Å². The molecule has 0 amide bonds. The van der Waals surface area contributed by atoms with Gasteiger partial charge in [0.25, 0.3) is 0 Å². The third-order valence-corrected chi connectivity index (χ3v) is 3.77. The predicted molar refractivity (Wildman–Crippen MR) is 75.3 cm³/mol. The second-order valence-corrected chi connectivity index (χ2v) is 5.54. The summed E-state index contributed by atoms with van der Waals surface area (Å²) in [6.45, 7) is 2.53. The zero-order valence-electron chi connectivity index (χ0n) is 9.61. The van der Waals surface area contributed by atoms with Crippen molar-refractivity contribution >= 4 is 38.9 Å². The number of nitrogens with zero attached hydrogens (tertiary/aromatic N) is 1. The number of nitrogens with one attached hydrogen (secondary N) is 1. The smallest absolute Gasteiger partial charge is 0.365 e. The molecule has 0 aliphatic heterocycles. The maximum atomic E-state index is 10.7. The number of aryl methyl sites for hydroxylation is 1. The van der Waals surface area contributed by atoms with Gasteiger partial charge in [-0.3, -0.25) is 0 Å². The van der Waals surface area contributed by atoms with E-state index in [9.17, 15) is 4.79 Å². The summed E-state index contributed by atoms with van der Waals surface area (Å²) < 4.78 is 1.00. The first-order chi connectivity index (χ1) is 8.56. The molecule has 2 aromatic rings. The summed E-state index contributed by atoms with van der Waals surface area (Å²) in [6.07, 6.45) is 0. The van der Waals surface area contributed by atoms with Crippen LogP contribution in [0, 0.1) is 6.92 Å². The Labute approximate surface area is 117 Å². The Bertz CT molecular complexity index is 583. The lowest BCUT2D eigenvalue weighted by molar-refractivity contribution is 0.0696. The van der Waals surface area contributed by atoms with Gasteiger partial charge in [0.1, 0.15) is 0 Å². The van der Waals surface area contributed by atoms with E-state index in [0.29, 0.717) is 6.54 Å². The lowest BCUT2D eigenvalue weighted by Gasteiger charge is -2.08. The molecule has 0 aliphatic carbocycles. The molecule has 0 bridgehead atoms. The zero-order valence-corrected chi connectivity index (χ0v) is 12.0. The van der Waals surface area contributed by atoms with Crippen LogP contribution in [0.4, 0.5) is 5.69 Å². The molecule has 4 nitrogen and oxygen atoms in total. The van der Waals surface area contributed by atoms with E-state index in [1.807, 2.05) is 25.1 Å². The zero-order chi connectivity index (χ0) is 13.1. The monoisotopic (exact) mass is 326 g/mol. The summed E-state index contributed by atoms with van der Waals surface area (Å²) in [5, 5.41) is 13.9. The minimum Gasteiger partial charge on any atom is -0.476 e. The van der Waals surface area contributed by atoms with Gasteiger partial charge in [-0.05, 0) is 24.6 Å². The molecule has 18 heavy (non-hydrogen) atoms. The first-order valence-electron chi connectivity index (χ1n) is 5.24. The molecule has 0 fully saturated rings. The van der Waals surface area contributed by atoms with Crippen LogP contribution in [0.5, 0.6) is 0 Å². The SMILES string of the molecule is Cc1ccc(Br)cc1NCc1csc(C(=O)O)n1. The van der Waals surface area contributed by atoms with Crippen LogP contribution >= 0.6 is 27.3 Å². The van der Waals surface area contributed by atoms with Gasteiger partial charge in [-0.1, -0.05) is 22.0 Å². The molecular formula is C12H11BrN2O2S. The topological polar surface area (TPSA) is 62.2 Å². The summed E-state index contributed by atoms with van der Waals surface area (Å²) >= 11 is 4.55. The first-order valence-corrected chi connectivity index (χ1v) is 6.91. The van der Waals surface area contributed by atoms with Crippen molar-refractivity contribution in [2.75, 3.05) is 5.32 Å². The van der Waals surface area contributed by atoms with Gasteiger partial charge in [0, 0.05) is 15.5 Å². The van der Waals surface area contributed by atoms with Crippen molar-refractivity contribution in [2.24, 2.45) is 0 Å². The maximum Gasteiger partial charge on any atom is 0.365 e. The van der Waals surface area contributed by atoms with Gasteiger partial charge in [0.05, 0.1) is 12.2 Å². The molecule has 0 saturated heterocycles. The second-order valence-electron chi connectivity index (χ2n) is 3.76. The van der Waals surface area contributed by atoms with Crippen LogP contribution in [0.15, 0.2) is 28.1 Å². The number of hydrogen-bond acceptors (Lipinski definition) is 4. The number of halogens is 1. The number of benzene rings is 1. The molecule has 2 rings (SSSR count). The van der Waals surface area contributed by atoms with Crippen LogP contribution in [0.25, 0.3) is 0 Å². The van der Waals surface area contributed by atoms with Gasteiger partial charge in [0.15, 0.2) is 0 Å². The Morgan fingerprint density at radius 1 is 1.56 bits per heavy atom. The van der Waals surface area contributed by atoms with Gasteiger partial charge < -0.3 is 10.4 Å². The highest BCUT2D eigenvalue weighted by Crippen LogP contribution is 2.21. The highest BCUT2D eigenvalue weighted by molar-refractivity contribution is 9.10. The number of aromatic nitrogens is 1.